The first kappa shape index (κ1) is 12.6. The molecule has 1 aromatic carbocycles. The molecule has 19 heavy (non-hydrogen) atoms. The van der Waals surface area contributed by atoms with Crippen molar-refractivity contribution in [1.82, 2.24) is 0 Å². The molecule has 3 heteroatoms. The van der Waals surface area contributed by atoms with E-state index >= 15 is 0 Å². The van der Waals surface area contributed by atoms with Crippen LogP contribution in [0.25, 0.3) is 0 Å². The molecule has 0 amide bonds. The Bertz CT molecular complexity index is 446. The molecule has 1 aliphatic heterocycles. The zero-order chi connectivity index (χ0) is 13.2. The summed E-state index contributed by atoms with van der Waals surface area (Å²) in [6.45, 7) is 6.02. The van der Waals surface area contributed by atoms with Crippen molar-refractivity contribution in [3.63, 3.8) is 0 Å². The van der Waals surface area contributed by atoms with Crippen LogP contribution in [0.3, 0.4) is 0 Å². The maximum Gasteiger partial charge on any atom is 0.163 e. The van der Waals surface area contributed by atoms with Crippen molar-refractivity contribution in [3.8, 4) is 11.5 Å². The van der Waals surface area contributed by atoms with Crippen molar-refractivity contribution < 1.29 is 9.47 Å². The average Bonchev–Trinajstić information content (AvgIpc) is 2.44. The summed E-state index contributed by atoms with van der Waals surface area (Å²) in [6.07, 6.45) is 3.95. The van der Waals surface area contributed by atoms with Gasteiger partial charge in [-0.1, -0.05) is 26.7 Å². The fourth-order valence-corrected chi connectivity index (χ4v) is 3.13. The molecule has 104 valence electrons. The largest absolute Gasteiger partial charge is 0.486 e. The Morgan fingerprint density at radius 2 is 1.84 bits per heavy atom. The summed E-state index contributed by atoms with van der Waals surface area (Å²) in [6, 6.07) is 6.75. The van der Waals surface area contributed by atoms with Crippen LogP contribution >= 0.6 is 0 Å². The molecule has 3 unspecified atom stereocenters. The van der Waals surface area contributed by atoms with Gasteiger partial charge < -0.3 is 14.8 Å². The van der Waals surface area contributed by atoms with Gasteiger partial charge in [0.05, 0.1) is 0 Å². The van der Waals surface area contributed by atoms with E-state index < -0.39 is 0 Å². The lowest BCUT2D eigenvalue weighted by Gasteiger charge is -2.35. The first-order chi connectivity index (χ1) is 9.24. The van der Waals surface area contributed by atoms with Gasteiger partial charge in [0, 0.05) is 17.8 Å². The van der Waals surface area contributed by atoms with Crippen LogP contribution in [-0.4, -0.2) is 19.3 Å². The number of benzene rings is 1. The van der Waals surface area contributed by atoms with Gasteiger partial charge in [0.25, 0.3) is 0 Å². The molecule has 0 aromatic heterocycles. The summed E-state index contributed by atoms with van der Waals surface area (Å²) in [5.41, 5.74) is 1.15. The zero-order valence-electron chi connectivity index (χ0n) is 11.8. The molecule has 1 N–H and O–H groups in total. The van der Waals surface area contributed by atoms with Gasteiger partial charge in [-0.3, -0.25) is 0 Å². The van der Waals surface area contributed by atoms with Crippen LogP contribution < -0.4 is 14.8 Å². The van der Waals surface area contributed by atoms with Crippen LogP contribution in [0.4, 0.5) is 5.69 Å². The maximum absolute atomic E-state index is 5.64. The molecule has 0 spiro atoms. The lowest BCUT2D eigenvalue weighted by atomic mass is 9.78. The van der Waals surface area contributed by atoms with Crippen molar-refractivity contribution >= 4 is 5.69 Å². The second kappa shape index (κ2) is 5.32. The van der Waals surface area contributed by atoms with E-state index in [0.717, 1.165) is 29.0 Å². The third-order valence-corrected chi connectivity index (χ3v) is 4.60. The quantitative estimate of drug-likeness (QED) is 0.880. The zero-order valence-corrected chi connectivity index (χ0v) is 11.8. The van der Waals surface area contributed by atoms with Crippen LogP contribution in [0.15, 0.2) is 18.2 Å². The number of fused-ring (bicyclic) bond motifs is 1. The molecule has 1 fully saturated rings. The van der Waals surface area contributed by atoms with Crippen LogP contribution in [0, 0.1) is 11.8 Å². The Labute approximate surface area is 115 Å². The third-order valence-electron chi connectivity index (χ3n) is 4.60. The number of ether oxygens (including phenoxy) is 2. The fraction of sp³-hybridized carbons (Fsp3) is 0.625. The van der Waals surface area contributed by atoms with Gasteiger partial charge in [-0.25, -0.2) is 0 Å². The second-order valence-electron chi connectivity index (χ2n) is 5.88. The number of anilines is 1. The molecule has 3 rings (SSSR count). The number of hydrogen-bond donors (Lipinski definition) is 1. The summed E-state index contributed by atoms with van der Waals surface area (Å²) >= 11 is 0. The molecule has 0 radical (unpaired) electrons. The van der Waals surface area contributed by atoms with Crippen molar-refractivity contribution in [2.24, 2.45) is 11.8 Å². The molecule has 0 bridgehead atoms. The van der Waals surface area contributed by atoms with Crippen molar-refractivity contribution in [2.75, 3.05) is 18.5 Å². The van der Waals surface area contributed by atoms with E-state index in [-0.39, 0.29) is 0 Å². The van der Waals surface area contributed by atoms with Crippen molar-refractivity contribution in [1.29, 1.82) is 0 Å². The molecular formula is C16H23NO2. The SMILES string of the molecule is CC1CCCC(Nc2ccc3c(c2)OCCO3)C1C. The minimum atomic E-state index is 0.575. The summed E-state index contributed by atoms with van der Waals surface area (Å²) < 4.78 is 11.2. The predicted octanol–water partition coefficient (Wildman–Crippen LogP) is 3.69. The Morgan fingerprint density at radius 3 is 2.68 bits per heavy atom. The summed E-state index contributed by atoms with van der Waals surface area (Å²) in [7, 11) is 0. The number of nitrogens with one attached hydrogen (secondary N) is 1. The standard InChI is InChI=1S/C16H23NO2/c1-11-4-3-5-14(12(11)2)17-13-6-7-15-16(10-13)19-9-8-18-15/h6-7,10-12,14,17H,3-5,8-9H2,1-2H3. The molecule has 1 heterocycles. The van der Waals surface area contributed by atoms with E-state index in [4.69, 9.17) is 9.47 Å². The lowest BCUT2D eigenvalue weighted by Crippen LogP contribution is -2.35. The first-order valence-electron chi connectivity index (χ1n) is 7.40. The monoisotopic (exact) mass is 261 g/mol. The Morgan fingerprint density at radius 1 is 1.05 bits per heavy atom. The van der Waals surface area contributed by atoms with E-state index in [1.165, 1.54) is 19.3 Å². The summed E-state index contributed by atoms with van der Waals surface area (Å²) in [5.74, 6) is 3.26. The van der Waals surface area contributed by atoms with Gasteiger partial charge in [0.15, 0.2) is 11.5 Å². The molecule has 2 aliphatic rings. The van der Waals surface area contributed by atoms with Gasteiger partial charge in [-0.05, 0) is 30.4 Å². The van der Waals surface area contributed by atoms with Gasteiger partial charge in [-0.2, -0.15) is 0 Å². The fourth-order valence-electron chi connectivity index (χ4n) is 3.13. The number of rotatable bonds is 2. The molecule has 0 saturated heterocycles. The average molecular weight is 261 g/mol. The smallest absolute Gasteiger partial charge is 0.163 e. The minimum Gasteiger partial charge on any atom is -0.486 e. The van der Waals surface area contributed by atoms with Crippen molar-refractivity contribution in [2.45, 2.75) is 39.2 Å². The van der Waals surface area contributed by atoms with E-state index in [0.29, 0.717) is 19.3 Å². The van der Waals surface area contributed by atoms with E-state index in [2.05, 4.69) is 31.3 Å². The highest BCUT2D eigenvalue weighted by atomic mass is 16.6. The molecule has 3 nitrogen and oxygen atoms in total. The van der Waals surface area contributed by atoms with Crippen LogP contribution in [0.5, 0.6) is 11.5 Å². The van der Waals surface area contributed by atoms with Gasteiger partial charge in [0.2, 0.25) is 0 Å². The van der Waals surface area contributed by atoms with Crippen LogP contribution in [-0.2, 0) is 0 Å². The Hall–Kier alpha value is -1.38. The molecular weight excluding hydrogens is 238 g/mol. The molecule has 1 aromatic rings. The first-order valence-corrected chi connectivity index (χ1v) is 7.40. The second-order valence-corrected chi connectivity index (χ2v) is 5.88. The highest BCUT2D eigenvalue weighted by molar-refractivity contribution is 5.55. The van der Waals surface area contributed by atoms with Gasteiger partial charge in [-0.15, -0.1) is 0 Å². The van der Waals surface area contributed by atoms with E-state index in [1.54, 1.807) is 0 Å². The van der Waals surface area contributed by atoms with Gasteiger partial charge >= 0.3 is 0 Å². The van der Waals surface area contributed by atoms with E-state index in [9.17, 15) is 0 Å². The third kappa shape index (κ3) is 2.65. The Kier molecular flexibility index (Phi) is 3.54. The van der Waals surface area contributed by atoms with Crippen molar-refractivity contribution in [3.05, 3.63) is 18.2 Å². The lowest BCUT2D eigenvalue weighted by molar-refractivity contribution is 0.171. The maximum atomic E-state index is 5.64. The van der Waals surface area contributed by atoms with Crippen LogP contribution in [0.1, 0.15) is 33.1 Å². The van der Waals surface area contributed by atoms with Crippen LogP contribution in [0.2, 0.25) is 0 Å². The highest BCUT2D eigenvalue weighted by Crippen LogP contribution is 2.35. The van der Waals surface area contributed by atoms with Gasteiger partial charge in [0.1, 0.15) is 13.2 Å². The highest BCUT2D eigenvalue weighted by Gasteiger charge is 2.27. The number of hydrogen-bond acceptors (Lipinski definition) is 3. The summed E-state index contributed by atoms with van der Waals surface area (Å²) in [4.78, 5) is 0. The van der Waals surface area contributed by atoms with E-state index in [1.807, 2.05) is 6.07 Å². The molecule has 3 atom stereocenters. The Balaban J connectivity index is 1.72. The normalized spacial score (nSPS) is 29.9. The predicted molar refractivity (Wildman–Crippen MR) is 77.0 cm³/mol. The molecule has 1 aliphatic carbocycles. The topological polar surface area (TPSA) is 30.5 Å². The summed E-state index contributed by atoms with van der Waals surface area (Å²) in [5, 5.41) is 3.68. The molecule has 1 saturated carbocycles. The minimum absolute atomic E-state index is 0.575.